The van der Waals surface area contributed by atoms with Crippen LogP contribution < -0.4 is 4.74 Å². The van der Waals surface area contributed by atoms with E-state index in [4.69, 9.17) is 21.1 Å². The highest BCUT2D eigenvalue weighted by molar-refractivity contribution is 7.89. The molecule has 0 radical (unpaired) electrons. The Labute approximate surface area is 161 Å². The van der Waals surface area contributed by atoms with Crippen molar-refractivity contribution >= 4 is 27.3 Å². The lowest BCUT2D eigenvalue weighted by atomic mass is 10.2. The summed E-state index contributed by atoms with van der Waals surface area (Å²) in [4.78, 5) is 10.4. The average Bonchev–Trinajstić information content (AvgIpc) is 2.68. The van der Waals surface area contributed by atoms with Crippen LogP contribution in [0.1, 0.15) is 5.56 Å². The number of nitro benzene ring substituents is 1. The normalized spacial score (nSPS) is 15.4. The molecule has 2 aromatic rings. The molecule has 0 N–H and O–H groups in total. The number of rotatable bonds is 6. The second-order valence-electron chi connectivity index (χ2n) is 5.82. The summed E-state index contributed by atoms with van der Waals surface area (Å²) >= 11 is 6.00. The summed E-state index contributed by atoms with van der Waals surface area (Å²) in [5.74, 6) is 0.281. The summed E-state index contributed by atoms with van der Waals surface area (Å²) in [5.41, 5.74) is 0.504. The van der Waals surface area contributed by atoms with Crippen molar-refractivity contribution in [3.05, 3.63) is 63.2 Å². The van der Waals surface area contributed by atoms with E-state index in [1.54, 1.807) is 18.2 Å². The Morgan fingerprint density at radius 3 is 2.59 bits per heavy atom. The number of sulfonamides is 1. The summed E-state index contributed by atoms with van der Waals surface area (Å²) < 4.78 is 37.6. The fourth-order valence-electron chi connectivity index (χ4n) is 2.61. The summed E-state index contributed by atoms with van der Waals surface area (Å²) in [5, 5.41) is 10.9. The van der Waals surface area contributed by atoms with Gasteiger partial charge in [0, 0.05) is 25.2 Å². The van der Waals surface area contributed by atoms with E-state index in [0.717, 1.165) is 0 Å². The zero-order chi connectivity index (χ0) is 19.4. The molecule has 1 heterocycles. The minimum Gasteiger partial charge on any atom is -0.487 e. The summed E-state index contributed by atoms with van der Waals surface area (Å²) in [6, 6.07) is 10.4. The largest absolute Gasteiger partial charge is 0.487 e. The molecule has 1 aliphatic heterocycles. The highest BCUT2D eigenvalue weighted by Gasteiger charge is 2.26. The lowest BCUT2D eigenvalue weighted by molar-refractivity contribution is -0.384. The van der Waals surface area contributed by atoms with Gasteiger partial charge in [0.25, 0.3) is 5.69 Å². The number of hydrogen-bond donors (Lipinski definition) is 0. The maximum absolute atomic E-state index is 12.7. The zero-order valence-corrected chi connectivity index (χ0v) is 15.8. The van der Waals surface area contributed by atoms with Crippen molar-refractivity contribution < 1.29 is 22.8 Å². The van der Waals surface area contributed by atoms with Gasteiger partial charge in [-0.25, -0.2) is 8.42 Å². The Morgan fingerprint density at radius 1 is 1.19 bits per heavy atom. The SMILES string of the molecule is O=[N+]([O-])c1ccc(OCc2cccc(S(=O)(=O)N3CCOCC3)c2)c(Cl)c1. The van der Waals surface area contributed by atoms with Gasteiger partial charge < -0.3 is 9.47 Å². The second kappa shape index (κ2) is 8.22. The van der Waals surface area contributed by atoms with Crippen LogP contribution in [-0.2, 0) is 21.4 Å². The van der Waals surface area contributed by atoms with Gasteiger partial charge >= 0.3 is 0 Å². The van der Waals surface area contributed by atoms with E-state index in [1.807, 2.05) is 0 Å². The smallest absolute Gasteiger partial charge is 0.271 e. The lowest BCUT2D eigenvalue weighted by Crippen LogP contribution is -2.40. The van der Waals surface area contributed by atoms with Gasteiger partial charge in [0.05, 0.1) is 28.1 Å². The lowest BCUT2D eigenvalue weighted by Gasteiger charge is -2.26. The van der Waals surface area contributed by atoms with Crippen molar-refractivity contribution in [1.82, 2.24) is 4.31 Å². The molecule has 0 aliphatic carbocycles. The number of halogens is 1. The topological polar surface area (TPSA) is 99.0 Å². The van der Waals surface area contributed by atoms with Crippen LogP contribution in [-0.4, -0.2) is 43.9 Å². The summed E-state index contributed by atoms with van der Waals surface area (Å²) in [6.45, 7) is 1.47. The van der Waals surface area contributed by atoms with Gasteiger partial charge in [-0.05, 0) is 23.8 Å². The molecule has 10 heteroatoms. The van der Waals surface area contributed by atoms with E-state index >= 15 is 0 Å². The van der Waals surface area contributed by atoms with Crippen LogP contribution in [0.5, 0.6) is 5.75 Å². The van der Waals surface area contributed by atoms with Crippen molar-refractivity contribution in [3.63, 3.8) is 0 Å². The molecule has 144 valence electrons. The van der Waals surface area contributed by atoms with Gasteiger partial charge in [0.1, 0.15) is 12.4 Å². The third-order valence-corrected chi connectivity index (χ3v) is 6.22. The molecule has 0 bridgehead atoms. The van der Waals surface area contributed by atoms with E-state index in [0.29, 0.717) is 31.9 Å². The van der Waals surface area contributed by atoms with E-state index in [-0.39, 0.29) is 28.0 Å². The number of hydrogen-bond acceptors (Lipinski definition) is 6. The van der Waals surface area contributed by atoms with Gasteiger partial charge in [0.15, 0.2) is 0 Å². The number of non-ortho nitro benzene ring substituents is 1. The van der Waals surface area contributed by atoms with Crippen molar-refractivity contribution in [2.75, 3.05) is 26.3 Å². The standard InChI is InChI=1S/C17H17ClN2O6S/c18-16-11-14(20(21)22)4-5-17(16)26-12-13-2-1-3-15(10-13)27(23,24)19-6-8-25-9-7-19/h1-5,10-11H,6-9,12H2. The molecule has 0 spiro atoms. The highest BCUT2D eigenvalue weighted by atomic mass is 35.5. The predicted octanol–water partition coefficient (Wildman–Crippen LogP) is 2.85. The molecule has 2 aromatic carbocycles. The van der Waals surface area contributed by atoms with Crippen LogP contribution in [0.15, 0.2) is 47.4 Å². The quantitative estimate of drug-likeness (QED) is 0.534. The van der Waals surface area contributed by atoms with E-state index in [1.165, 1.54) is 28.6 Å². The Hall–Kier alpha value is -2.20. The third-order valence-electron chi connectivity index (χ3n) is 4.03. The first-order valence-electron chi connectivity index (χ1n) is 8.11. The van der Waals surface area contributed by atoms with Crippen LogP contribution in [0.4, 0.5) is 5.69 Å². The number of nitro groups is 1. The van der Waals surface area contributed by atoms with Crippen molar-refractivity contribution in [1.29, 1.82) is 0 Å². The van der Waals surface area contributed by atoms with E-state index in [2.05, 4.69) is 0 Å². The Kier molecular flexibility index (Phi) is 5.95. The minimum atomic E-state index is -3.59. The second-order valence-corrected chi connectivity index (χ2v) is 8.17. The Morgan fingerprint density at radius 2 is 1.93 bits per heavy atom. The molecular weight excluding hydrogens is 396 g/mol. The van der Waals surface area contributed by atoms with Gasteiger partial charge in [-0.1, -0.05) is 23.7 Å². The van der Waals surface area contributed by atoms with Crippen LogP contribution in [0.25, 0.3) is 0 Å². The molecule has 1 saturated heterocycles. The molecular formula is C17H17ClN2O6S. The average molecular weight is 413 g/mol. The Balaban J connectivity index is 1.74. The fourth-order valence-corrected chi connectivity index (χ4v) is 4.32. The first-order chi connectivity index (χ1) is 12.9. The van der Waals surface area contributed by atoms with Crippen molar-refractivity contribution in [2.24, 2.45) is 0 Å². The van der Waals surface area contributed by atoms with Gasteiger partial charge in [-0.15, -0.1) is 0 Å². The fraction of sp³-hybridized carbons (Fsp3) is 0.294. The van der Waals surface area contributed by atoms with Gasteiger partial charge in [-0.2, -0.15) is 4.31 Å². The maximum Gasteiger partial charge on any atom is 0.271 e. The molecule has 1 aliphatic rings. The molecule has 8 nitrogen and oxygen atoms in total. The molecule has 0 atom stereocenters. The van der Waals surface area contributed by atoms with E-state index in [9.17, 15) is 18.5 Å². The molecule has 0 amide bonds. The molecule has 27 heavy (non-hydrogen) atoms. The third kappa shape index (κ3) is 4.56. The number of morpholine rings is 1. The van der Waals surface area contributed by atoms with Gasteiger partial charge in [-0.3, -0.25) is 10.1 Å². The maximum atomic E-state index is 12.7. The molecule has 1 fully saturated rings. The number of benzene rings is 2. The highest BCUT2D eigenvalue weighted by Crippen LogP contribution is 2.29. The first-order valence-corrected chi connectivity index (χ1v) is 9.93. The number of ether oxygens (including phenoxy) is 2. The predicted molar refractivity (Wildman–Crippen MR) is 98.5 cm³/mol. The molecule has 0 saturated carbocycles. The molecule has 0 unspecified atom stereocenters. The minimum absolute atomic E-state index is 0.0734. The van der Waals surface area contributed by atoms with Crippen LogP contribution in [0, 0.1) is 10.1 Å². The van der Waals surface area contributed by atoms with Crippen LogP contribution in [0.2, 0.25) is 5.02 Å². The van der Waals surface area contributed by atoms with Crippen LogP contribution in [0.3, 0.4) is 0 Å². The summed E-state index contributed by atoms with van der Waals surface area (Å²) in [7, 11) is -3.59. The molecule has 3 rings (SSSR count). The summed E-state index contributed by atoms with van der Waals surface area (Å²) in [6.07, 6.45) is 0. The van der Waals surface area contributed by atoms with Crippen molar-refractivity contribution in [3.8, 4) is 5.75 Å². The first kappa shape index (κ1) is 19.6. The molecule has 0 aromatic heterocycles. The van der Waals surface area contributed by atoms with Gasteiger partial charge in [0.2, 0.25) is 10.0 Å². The van der Waals surface area contributed by atoms with E-state index < -0.39 is 14.9 Å². The number of nitrogens with zero attached hydrogens (tertiary/aromatic N) is 2. The monoisotopic (exact) mass is 412 g/mol. The Bertz CT molecular complexity index is 944. The van der Waals surface area contributed by atoms with Crippen molar-refractivity contribution in [2.45, 2.75) is 11.5 Å². The zero-order valence-electron chi connectivity index (χ0n) is 14.2. The van der Waals surface area contributed by atoms with Crippen LogP contribution >= 0.6 is 11.6 Å².